The zero-order valence-electron chi connectivity index (χ0n) is 16.0. The number of halogens is 4. The van der Waals surface area contributed by atoms with Crippen molar-refractivity contribution in [1.29, 1.82) is 0 Å². The van der Waals surface area contributed by atoms with Gasteiger partial charge in [0.2, 0.25) is 10.0 Å². The molecular weight excluding hydrogens is 420 g/mol. The minimum absolute atomic E-state index is 0.0908. The van der Waals surface area contributed by atoms with Crippen LogP contribution in [0.1, 0.15) is 11.3 Å². The molecule has 0 aliphatic rings. The Labute approximate surface area is 163 Å². The van der Waals surface area contributed by atoms with Crippen LogP contribution in [0.3, 0.4) is 0 Å². The third-order valence-electron chi connectivity index (χ3n) is 4.13. The van der Waals surface area contributed by atoms with Crippen molar-refractivity contribution in [1.82, 2.24) is 13.9 Å². The van der Waals surface area contributed by atoms with E-state index in [-0.39, 0.29) is 11.4 Å². The maximum absolute atomic E-state index is 14.5. The summed E-state index contributed by atoms with van der Waals surface area (Å²) in [6.07, 6.45) is -4.98. The fourth-order valence-corrected chi connectivity index (χ4v) is 3.55. The van der Waals surface area contributed by atoms with E-state index in [1.165, 1.54) is 19.0 Å². The number of anilines is 1. The summed E-state index contributed by atoms with van der Waals surface area (Å²) in [6, 6.07) is 1.52. The highest BCUT2D eigenvalue weighted by molar-refractivity contribution is 7.89. The largest absolute Gasteiger partial charge is 0.431 e. The van der Waals surface area contributed by atoms with Crippen molar-refractivity contribution in [2.45, 2.75) is 18.0 Å². The molecule has 0 fully saturated rings. The minimum Gasteiger partial charge on any atom is -0.376 e. The van der Waals surface area contributed by atoms with Crippen LogP contribution in [0.5, 0.6) is 0 Å². The molecule has 0 aliphatic heterocycles. The standard InChI is InChI=1S/C16H18F4N4O4S/c1-8-13(16(18,19)20)21-15(26)24(14(8)25)11-7-12(29(27,28)23(4)5)9(17)6-10(11)22(2)3/h6-7H,1-5H3,(H,21,26). The van der Waals surface area contributed by atoms with Crippen molar-refractivity contribution in [2.75, 3.05) is 33.1 Å². The van der Waals surface area contributed by atoms with Crippen molar-refractivity contribution in [3.05, 3.63) is 50.0 Å². The van der Waals surface area contributed by atoms with Crippen LogP contribution in [0, 0.1) is 12.7 Å². The van der Waals surface area contributed by atoms with Crippen LogP contribution in [0.2, 0.25) is 0 Å². The van der Waals surface area contributed by atoms with Gasteiger partial charge in [0.05, 0.1) is 11.4 Å². The first-order valence-electron chi connectivity index (χ1n) is 7.97. The molecule has 0 saturated heterocycles. The Morgan fingerprint density at radius 1 is 1.07 bits per heavy atom. The summed E-state index contributed by atoms with van der Waals surface area (Å²) in [5, 5.41) is 0. The van der Waals surface area contributed by atoms with Crippen LogP contribution in [-0.4, -0.2) is 50.5 Å². The fourth-order valence-electron chi connectivity index (χ4n) is 2.59. The zero-order valence-corrected chi connectivity index (χ0v) is 16.9. The van der Waals surface area contributed by atoms with E-state index >= 15 is 0 Å². The van der Waals surface area contributed by atoms with Crippen molar-refractivity contribution in [2.24, 2.45) is 0 Å². The SMILES string of the molecule is Cc1c(C(F)(F)F)[nH]c(=O)n(-c2cc(S(=O)(=O)N(C)C)c(F)cc2N(C)C)c1=O. The number of benzene rings is 1. The molecule has 0 unspecified atom stereocenters. The monoisotopic (exact) mass is 438 g/mol. The lowest BCUT2D eigenvalue weighted by Gasteiger charge is -2.21. The van der Waals surface area contributed by atoms with Crippen LogP contribution >= 0.6 is 0 Å². The molecule has 0 radical (unpaired) electrons. The molecule has 1 heterocycles. The van der Waals surface area contributed by atoms with Gasteiger partial charge in [0.15, 0.2) is 0 Å². The summed E-state index contributed by atoms with van der Waals surface area (Å²) < 4.78 is 79.5. The molecule has 0 aliphatic carbocycles. The number of H-pyrrole nitrogens is 1. The van der Waals surface area contributed by atoms with Gasteiger partial charge in [-0.1, -0.05) is 0 Å². The second kappa shape index (κ2) is 7.30. The van der Waals surface area contributed by atoms with Crippen molar-refractivity contribution >= 4 is 15.7 Å². The third kappa shape index (κ3) is 3.92. The molecule has 29 heavy (non-hydrogen) atoms. The Kier molecular flexibility index (Phi) is 5.69. The smallest absolute Gasteiger partial charge is 0.376 e. The van der Waals surface area contributed by atoms with Gasteiger partial charge in [-0.25, -0.2) is 26.5 Å². The van der Waals surface area contributed by atoms with Crippen LogP contribution in [0.15, 0.2) is 26.6 Å². The maximum Gasteiger partial charge on any atom is 0.431 e. The van der Waals surface area contributed by atoms with Gasteiger partial charge in [0.1, 0.15) is 16.4 Å². The van der Waals surface area contributed by atoms with Gasteiger partial charge in [-0.05, 0) is 13.0 Å². The highest BCUT2D eigenvalue weighted by Crippen LogP contribution is 2.30. The van der Waals surface area contributed by atoms with Gasteiger partial charge >= 0.3 is 11.9 Å². The Balaban J connectivity index is 3.01. The van der Waals surface area contributed by atoms with E-state index in [1.807, 2.05) is 0 Å². The van der Waals surface area contributed by atoms with E-state index in [0.29, 0.717) is 4.57 Å². The molecule has 13 heteroatoms. The summed E-state index contributed by atoms with van der Waals surface area (Å²) in [7, 11) is 0.831. The van der Waals surface area contributed by atoms with E-state index in [9.17, 15) is 35.6 Å². The van der Waals surface area contributed by atoms with E-state index in [2.05, 4.69) is 0 Å². The Morgan fingerprint density at radius 2 is 1.62 bits per heavy atom. The fraction of sp³-hybridized carbons (Fsp3) is 0.375. The van der Waals surface area contributed by atoms with Gasteiger partial charge in [0, 0.05) is 39.8 Å². The topological polar surface area (TPSA) is 95.5 Å². The Hall–Kier alpha value is -2.67. The van der Waals surface area contributed by atoms with E-state index < -0.39 is 49.4 Å². The van der Waals surface area contributed by atoms with Crippen molar-refractivity contribution in [3.8, 4) is 5.69 Å². The number of hydrogen-bond donors (Lipinski definition) is 1. The molecule has 1 N–H and O–H groups in total. The van der Waals surface area contributed by atoms with Gasteiger partial charge in [-0.2, -0.15) is 13.2 Å². The quantitative estimate of drug-likeness (QED) is 0.727. The maximum atomic E-state index is 14.5. The molecular formula is C16H18F4N4O4S. The number of alkyl halides is 3. The first kappa shape index (κ1) is 22.6. The zero-order chi connectivity index (χ0) is 22.5. The van der Waals surface area contributed by atoms with Crippen LogP contribution in [-0.2, 0) is 16.2 Å². The molecule has 0 atom stereocenters. The van der Waals surface area contributed by atoms with E-state index in [0.717, 1.165) is 37.5 Å². The lowest BCUT2D eigenvalue weighted by Crippen LogP contribution is -2.39. The summed E-state index contributed by atoms with van der Waals surface area (Å²) >= 11 is 0. The normalized spacial score (nSPS) is 12.5. The molecule has 160 valence electrons. The molecule has 2 rings (SSSR count). The Bertz CT molecular complexity index is 1180. The lowest BCUT2D eigenvalue weighted by atomic mass is 10.2. The van der Waals surface area contributed by atoms with Gasteiger partial charge in [-0.15, -0.1) is 0 Å². The molecule has 1 aromatic carbocycles. The number of aromatic amines is 1. The van der Waals surface area contributed by atoms with Crippen LogP contribution in [0.25, 0.3) is 5.69 Å². The van der Waals surface area contributed by atoms with Crippen molar-refractivity contribution < 1.29 is 26.0 Å². The van der Waals surface area contributed by atoms with Gasteiger partial charge in [0.25, 0.3) is 5.56 Å². The predicted molar refractivity (Wildman–Crippen MR) is 97.6 cm³/mol. The number of sulfonamides is 1. The summed E-state index contributed by atoms with van der Waals surface area (Å²) in [5.74, 6) is -1.15. The molecule has 0 spiro atoms. The summed E-state index contributed by atoms with van der Waals surface area (Å²) in [5.41, 5.74) is -5.56. The number of nitrogens with one attached hydrogen (secondary N) is 1. The average Bonchev–Trinajstić information content (AvgIpc) is 2.57. The Morgan fingerprint density at radius 3 is 2.07 bits per heavy atom. The molecule has 0 saturated carbocycles. The molecule has 0 bridgehead atoms. The van der Waals surface area contributed by atoms with Gasteiger partial charge < -0.3 is 9.88 Å². The molecule has 8 nitrogen and oxygen atoms in total. The number of aromatic nitrogens is 2. The summed E-state index contributed by atoms with van der Waals surface area (Å²) in [6.45, 7) is 0.869. The van der Waals surface area contributed by atoms with Crippen molar-refractivity contribution in [3.63, 3.8) is 0 Å². The highest BCUT2D eigenvalue weighted by atomic mass is 32.2. The van der Waals surface area contributed by atoms with E-state index in [4.69, 9.17) is 0 Å². The third-order valence-corrected chi connectivity index (χ3v) is 5.96. The number of nitrogens with zero attached hydrogens (tertiary/aromatic N) is 3. The van der Waals surface area contributed by atoms with Crippen LogP contribution in [0.4, 0.5) is 23.2 Å². The lowest BCUT2D eigenvalue weighted by molar-refractivity contribution is -0.142. The second-order valence-electron chi connectivity index (χ2n) is 6.52. The number of hydrogen-bond acceptors (Lipinski definition) is 5. The molecule has 0 amide bonds. The second-order valence-corrected chi connectivity index (χ2v) is 8.64. The molecule has 1 aromatic heterocycles. The molecule has 2 aromatic rings. The number of rotatable bonds is 4. The summed E-state index contributed by atoms with van der Waals surface area (Å²) in [4.78, 5) is 27.0. The van der Waals surface area contributed by atoms with Crippen LogP contribution < -0.4 is 16.1 Å². The van der Waals surface area contributed by atoms with Gasteiger partial charge in [-0.3, -0.25) is 4.79 Å². The van der Waals surface area contributed by atoms with E-state index in [1.54, 1.807) is 4.98 Å². The average molecular weight is 438 g/mol. The first-order chi connectivity index (χ1) is 13.1. The minimum atomic E-state index is -4.98. The predicted octanol–water partition coefficient (Wildman–Crippen LogP) is 1.31. The first-order valence-corrected chi connectivity index (χ1v) is 9.41. The highest BCUT2D eigenvalue weighted by Gasteiger charge is 2.36.